The lowest BCUT2D eigenvalue weighted by Crippen LogP contribution is -2.30. The van der Waals surface area contributed by atoms with Gasteiger partial charge < -0.3 is 14.9 Å². The summed E-state index contributed by atoms with van der Waals surface area (Å²) in [5.41, 5.74) is 5.55. The molecule has 0 aliphatic heterocycles. The fourth-order valence-electron chi connectivity index (χ4n) is 4.64. The van der Waals surface area contributed by atoms with Crippen molar-refractivity contribution in [3.05, 3.63) is 121 Å². The number of fused-ring (bicyclic) bond motifs is 3. The zero-order valence-corrected chi connectivity index (χ0v) is 19.7. The minimum Gasteiger partial charge on any atom is -0.423 e. The van der Waals surface area contributed by atoms with Gasteiger partial charge in [0.2, 0.25) is 0 Å². The minimum atomic E-state index is -1.54. The van der Waals surface area contributed by atoms with Crippen molar-refractivity contribution in [2.75, 3.05) is 4.90 Å². The highest BCUT2D eigenvalue weighted by Gasteiger charge is 2.20. The molecule has 168 valence electrons. The van der Waals surface area contributed by atoms with E-state index in [1.165, 1.54) is 20.2 Å². The highest BCUT2D eigenvalue weighted by molar-refractivity contribution is 7.25. The van der Waals surface area contributed by atoms with Crippen LogP contribution in [0.4, 0.5) is 17.1 Å². The van der Waals surface area contributed by atoms with Crippen LogP contribution in [-0.2, 0) is 0 Å². The highest BCUT2D eigenvalue weighted by atomic mass is 32.1. The first-order chi connectivity index (χ1) is 17.2. The molecule has 0 radical (unpaired) electrons. The smallest absolute Gasteiger partial charge is 0.423 e. The number of thiophene rings is 1. The summed E-state index contributed by atoms with van der Waals surface area (Å²) >= 11 is 1.80. The van der Waals surface area contributed by atoms with Crippen LogP contribution in [0.2, 0.25) is 0 Å². The van der Waals surface area contributed by atoms with E-state index in [0.29, 0.717) is 5.46 Å². The average Bonchev–Trinajstić information content (AvgIpc) is 3.28. The molecular weight excluding hydrogens is 449 g/mol. The van der Waals surface area contributed by atoms with Gasteiger partial charge in [-0.05, 0) is 53.5 Å². The van der Waals surface area contributed by atoms with Crippen LogP contribution in [0.1, 0.15) is 0 Å². The van der Waals surface area contributed by atoms with Gasteiger partial charge in [-0.15, -0.1) is 11.3 Å². The number of hydrogen-bond donors (Lipinski definition) is 2. The molecule has 0 saturated heterocycles. The predicted molar refractivity (Wildman–Crippen MR) is 149 cm³/mol. The Bertz CT molecular complexity index is 1650. The first-order valence-corrected chi connectivity index (χ1v) is 12.3. The third-order valence-corrected chi connectivity index (χ3v) is 7.43. The number of benzene rings is 5. The van der Waals surface area contributed by atoms with Crippen LogP contribution in [0.15, 0.2) is 121 Å². The Labute approximate surface area is 208 Å². The summed E-state index contributed by atoms with van der Waals surface area (Å²) < 4.78 is 2.51. The molecule has 0 aliphatic carbocycles. The second kappa shape index (κ2) is 9.04. The van der Waals surface area contributed by atoms with Crippen LogP contribution in [0.3, 0.4) is 0 Å². The lowest BCUT2D eigenvalue weighted by Gasteiger charge is -2.28. The van der Waals surface area contributed by atoms with E-state index >= 15 is 0 Å². The summed E-state index contributed by atoms with van der Waals surface area (Å²) in [6, 6.07) is 41.1. The summed E-state index contributed by atoms with van der Waals surface area (Å²) in [5.74, 6) is 0. The van der Waals surface area contributed by atoms with E-state index in [-0.39, 0.29) is 0 Å². The van der Waals surface area contributed by atoms with Gasteiger partial charge in [-0.2, -0.15) is 0 Å². The fraction of sp³-hybridized carbons (Fsp3) is 0. The molecule has 6 rings (SSSR count). The number of rotatable bonds is 5. The van der Waals surface area contributed by atoms with E-state index in [4.69, 9.17) is 0 Å². The van der Waals surface area contributed by atoms with Crippen molar-refractivity contribution in [1.82, 2.24) is 0 Å². The number of hydrogen-bond acceptors (Lipinski definition) is 4. The van der Waals surface area contributed by atoms with Gasteiger partial charge in [-0.3, -0.25) is 0 Å². The Morgan fingerprint density at radius 1 is 0.571 bits per heavy atom. The number of nitrogens with zero attached hydrogens (tertiary/aromatic N) is 1. The van der Waals surface area contributed by atoms with Gasteiger partial charge in [-0.1, -0.05) is 78.9 Å². The Morgan fingerprint density at radius 3 is 2.14 bits per heavy atom. The maximum Gasteiger partial charge on any atom is 0.488 e. The minimum absolute atomic E-state index is 0.451. The van der Waals surface area contributed by atoms with Crippen LogP contribution in [0.25, 0.3) is 31.3 Å². The normalized spacial score (nSPS) is 11.1. The zero-order chi connectivity index (χ0) is 23.8. The van der Waals surface area contributed by atoms with Crippen LogP contribution >= 0.6 is 11.3 Å². The van der Waals surface area contributed by atoms with Crippen LogP contribution in [0.5, 0.6) is 0 Å². The molecule has 0 atom stereocenters. The first-order valence-electron chi connectivity index (χ1n) is 11.5. The van der Waals surface area contributed by atoms with Crippen molar-refractivity contribution < 1.29 is 10.0 Å². The van der Waals surface area contributed by atoms with Crippen molar-refractivity contribution in [1.29, 1.82) is 0 Å². The monoisotopic (exact) mass is 471 g/mol. The molecule has 0 spiro atoms. The van der Waals surface area contributed by atoms with Crippen molar-refractivity contribution in [3.63, 3.8) is 0 Å². The Morgan fingerprint density at radius 2 is 1.29 bits per heavy atom. The predicted octanol–water partition coefficient (Wildman–Crippen LogP) is 6.87. The first kappa shape index (κ1) is 21.6. The van der Waals surface area contributed by atoms with E-state index in [1.807, 2.05) is 48.5 Å². The van der Waals surface area contributed by atoms with Crippen molar-refractivity contribution in [3.8, 4) is 11.1 Å². The van der Waals surface area contributed by atoms with Crippen molar-refractivity contribution in [2.45, 2.75) is 0 Å². The molecule has 5 aromatic carbocycles. The molecule has 2 N–H and O–H groups in total. The standard InChI is InChI=1S/C30H22BNO2S/c33-31(34)22-11-8-12-23(19-22)32(28-15-6-4-13-25(28)21-9-2-1-3-10-21)24-17-18-30-27(20-24)26-14-5-7-16-29(26)35-30/h1-20,33-34H. The molecule has 0 unspecified atom stereocenters. The summed E-state index contributed by atoms with van der Waals surface area (Å²) in [4.78, 5) is 2.19. The highest BCUT2D eigenvalue weighted by Crippen LogP contribution is 2.43. The van der Waals surface area contributed by atoms with Crippen molar-refractivity contribution >= 4 is 61.2 Å². The maximum atomic E-state index is 9.87. The summed E-state index contributed by atoms with van der Waals surface area (Å²) in [6.07, 6.45) is 0. The van der Waals surface area contributed by atoms with E-state index in [1.54, 1.807) is 17.4 Å². The average molecular weight is 471 g/mol. The lowest BCUT2D eigenvalue weighted by molar-refractivity contribution is 0.426. The van der Waals surface area contributed by atoms with E-state index < -0.39 is 7.12 Å². The van der Waals surface area contributed by atoms with Gasteiger partial charge >= 0.3 is 7.12 Å². The second-order valence-electron chi connectivity index (χ2n) is 8.47. The summed E-state index contributed by atoms with van der Waals surface area (Å²) in [5, 5.41) is 22.2. The maximum absolute atomic E-state index is 9.87. The number of para-hydroxylation sites is 1. The fourth-order valence-corrected chi connectivity index (χ4v) is 5.72. The topological polar surface area (TPSA) is 43.7 Å². The largest absolute Gasteiger partial charge is 0.488 e. The molecule has 0 amide bonds. The quantitative estimate of drug-likeness (QED) is 0.270. The van der Waals surface area contributed by atoms with Crippen LogP contribution in [-0.4, -0.2) is 17.2 Å². The molecule has 0 saturated carbocycles. The molecule has 35 heavy (non-hydrogen) atoms. The van der Waals surface area contributed by atoms with Crippen molar-refractivity contribution in [2.24, 2.45) is 0 Å². The zero-order valence-electron chi connectivity index (χ0n) is 18.9. The van der Waals surface area contributed by atoms with Gasteiger partial charge in [0.15, 0.2) is 0 Å². The van der Waals surface area contributed by atoms with E-state index in [2.05, 4.69) is 71.6 Å². The molecule has 1 heterocycles. The molecule has 3 nitrogen and oxygen atoms in total. The molecule has 6 aromatic rings. The van der Waals surface area contributed by atoms with Gasteiger partial charge in [0.25, 0.3) is 0 Å². The Hall–Kier alpha value is -3.90. The van der Waals surface area contributed by atoms with Gasteiger partial charge in [0.05, 0.1) is 5.69 Å². The molecule has 1 aromatic heterocycles. The lowest BCUT2D eigenvalue weighted by atomic mass is 9.80. The Kier molecular flexibility index (Phi) is 5.59. The third kappa shape index (κ3) is 4.00. The SMILES string of the molecule is OB(O)c1cccc(N(c2ccc3sc4ccccc4c3c2)c2ccccc2-c2ccccc2)c1. The molecule has 5 heteroatoms. The second-order valence-corrected chi connectivity index (χ2v) is 9.55. The van der Waals surface area contributed by atoms with E-state index in [0.717, 1.165) is 28.2 Å². The number of anilines is 3. The van der Waals surface area contributed by atoms with Crippen LogP contribution in [0, 0.1) is 0 Å². The summed E-state index contributed by atoms with van der Waals surface area (Å²) in [7, 11) is -1.54. The van der Waals surface area contributed by atoms with Gasteiger partial charge in [0.1, 0.15) is 0 Å². The molecule has 0 fully saturated rings. The van der Waals surface area contributed by atoms with Gasteiger partial charge in [0, 0.05) is 37.1 Å². The van der Waals surface area contributed by atoms with Gasteiger partial charge in [-0.25, -0.2) is 0 Å². The Balaban J connectivity index is 1.61. The molecule has 0 bridgehead atoms. The molecule has 0 aliphatic rings. The summed E-state index contributed by atoms with van der Waals surface area (Å²) in [6.45, 7) is 0. The third-order valence-electron chi connectivity index (χ3n) is 6.27. The van der Waals surface area contributed by atoms with Crippen LogP contribution < -0.4 is 10.4 Å². The molecular formula is C30H22BNO2S. The van der Waals surface area contributed by atoms with E-state index in [9.17, 15) is 10.0 Å².